The van der Waals surface area contributed by atoms with Crippen LogP contribution in [-0.2, 0) is 11.3 Å². The molecule has 124 valence electrons. The molecule has 0 atom stereocenters. The Morgan fingerprint density at radius 1 is 1.25 bits per heavy atom. The van der Waals surface area contributed by atoms with Gasteiger partial charge in [-0.15, -0.1) is 0 Å². The Morgan fingerprint density at radius 2 is 2.08 bits per heavy atom. The first-order valence-corrected chi connectivity index (χ1v) is 7.77. The molecule has 0 saturated heterocycles. The molecular formula is C18H20N4O2. The number of aromatic nitrogens is 3. The Balaban J connectivity index is 1.78. The van der Waals surface area contributed by atoms with E-state index in [4.69, 9.17) is 4.74 Å². The molecule has 1 aromatic carbocycles. The van der Waals surface area contributed by atoms with Crippen LogP contribution in [-0.4, -0.2) is 26.6 Å². The van der Waals surface area contributed by atoms with Crippen molar-refractivity contribution in [2.75, 3.05) is 0 Å². The van der Waals surface area contributed by atoms with Crippen LogP contribution < -0.4 is 5.32 Å². The number of H-pyrrole nitrogens is 1. The van der Waals surface area contributed by atoms with Crippen molar-refractivity contribution in [1.82, 2.24) is 20.3 Å². The predicted octanol–water partition coefficient (Wildman–Crippen LogP) is 3.65. The van der Waals surface area contributed by atoms with Crippen molar-refractivity contribution in [3.63, 3.8) is 0 Å². The number of fused-ring (bicyclic) bond motifs is 1. The van der Waals surface area contributed by atoms with E-state index in [1.165, 1.54) is 0 Å². The third-order valence-corrected chi connectivity index (χ3v) is 3.39. The molecule has 24 heavy (non-hydrogen) atoms. The van der Waals surface area contributed by atoms with Gasteiger partial charge < -0.3 is 15.0 Å². The molecule has 6 heteroatoms. The van der Waals surface area contributed by atoms with E-state index in [1.807, 2.05) is 57.3 Å². The minimum absolute atomic E-state index is 0.393. The van der Waals surface area contributed by atoms with Gasteiger partial charge in [-0.2, -0.15) is 0 Å². The van der Waals surface area contributed by atoms with Crippen LogP contribution in [0.3, 0.4) is 0 Å². The number of ether oxygens (including phenoxy) is 1. The molecule has 0 aliphatic rings. The Hall–Kier alpha value is -2.89. The number of carbonyl (C=O) groups excluding carboxylic acids is 1. The summed E-state index contributed by atoms with van der Waals surface area (Å²) in [7, 11) is 0. The molecule has 0 unspecified atom stereocenters. The Kier molecular flexibility index (Phi) is 4.20. The van der Waals surface area contributed by atoms with Gasteiger partial charge in [-0.25, -0.2) is 14.8 Å². The minimum Gasteiger partial charge on any atom is -0.444 e. The van der Waals surface area contributed by atoms with Crippen molar-refractivity contribution < 1.29 is 9.53 Å². The fraction of sp³-hybridized carbons (Fsp3) is 0.278. The summed E-state index contributed by atoms with van der Waals surface area (Å²) < 4.78 is 5.25. The number of hydrogen-bond acceptors (Lipinski definition) is 4. The van der Waals surface area contributed by atoms with Crippen LogP contribution in [0.2, 0.25) is 0 Å². The number of amides is 1. The number of carbonyl (C=O) groups is 1. The van der Waals surface area contributed by atoms with Gasteiger partial charge >= 0.3 is 6.09 Å². The second-order valence-electron chi connectivity index (χ2n) is 6.52. The zero-order chi connectivity index (χ0) is 17.2. The maximum atomic E-state index is 11.8. The van der Waals surface area contributed by atoms with Gasteiger partial charge in [-0.1, -0.05) is 18.2 Å². The lowest BCUT2D eigenvalue weighted by atomic mass is 10.1. The summed E-state index contributed by atoms with van der Waals surface area (Å²) >= 11 is 0. The molecule has 0 saturated carbocycles. The topological polar surface area (TPSA) is 79.9 Å². The quantitative estimate of drug-likeness (QED) is 0.770. The van der Waals surface area contributed by atoms with Crippen molar-refractivity contribution in [2.45, 2.75) is 32.9 Å². The molecule has 0 aliphatic heterocycles. The van der Waals surface area contributed by atoms with E-state index in [0.29, 0.717) is 6.54 Å². The Labute approximate surface area is 140 Å². The number of nitrogens with one attached hydrogen (secondary N) is 2. The number of hydrogen-bond donors (Lipinski definition) is 2. The lowest BCUT2D eigenvalue weighted by Crippen LogP contribution is -2.32. The standard InChI is InChI=1S/C18H20N4O2/c1-18(2,3)24-17(23)20-10-12-5-4-6-13(9-12)15-14-7-8-19-16(14)22-11-21-15/h4-9,11H,10H2,1-3H3,(H,20,23)(H,19,21,22). The highest BCUT2D eigenvalue weighted by Gasteiger charge is 2.15. The van der Waals surface area contributed by atoms with E-state index >= 15 is 0 Å². The van der Waals surface area contributed by atoms with Crippen molar-refractivity contribution in [1.29, 1.82) is 0 Å². The van der Waals surface area contributed by atoms with Gasteiger partial charge in [0.2, 0.25) is 0 Å². The average molecular weight is 324 g/mol. The highest BCUT2D eigenvalue weighted by Crippen LogP contribution is 2.25. The van der Waals surface area contributed by atoms with Gasteiger partial charge in [-0.05, 0) is 38.5 Å². The van der Waals surface area contributed by atoms with E-state index in [-0.39, 0.29) is 0 Å². The number of aromatic amines is 1. The molecule has 0 aliphatic carbocycles. The first kappa shape index (κ1) is 16.0. The number of alkyl carbamates (subject to hydrolysis) is 1. The normalized spacial score (nSPS) is 11.5. The molecule has 2 aromatic heterocycles. The van der Waals surface area contributed by atoms with E-state index in [0.717, 1.165) is 27.9 Å². The van der Waals surface area contributed by atoms with Crippen LogP contribution in [0.25, 0.3) is 22.3 Å². The molecule has 6 nitrogen and oxygen atoms in total. The van der Waals surface area contributed by atoms with E-state index in [9.17, 15) is 4.79 Å². The fourth-order valence-electron chi connectivity index (χ4n) is 2.42. The fourth-order valence-corrected chi connectivity index (χ4v) is 2.42. The summed E-state index contributed by atoms with van der Waals surface area (Å²) in [5.74, 6) is 0. The first-order valence-electron chi connectivity index (χ1n) is 7.77. The largest absolute Gasteiger partial charge is 0.444 e. The van der Waals surface area contributed by atoms with Crippen LogP contribution in [0.1, 0.15) is 26.3 Å². The third kappa shape index (κ3) is 3.71. The van der Waals surface area contributed by atoms with Crippen molar-refractivity contribution in [2.24, 2.45) is 0 Å². The number of nitrogens with zero attached hydrogens (tertiary/aromatic N) is 2. The average Bonchev–Trinajstić information content (AvgIpc) is 3.00. The summed E-state index contributed by atoms with van der Waals surface area (Å²) in [6, 6.07) is 9.85. The summed E-state index contributed by atoms with van der Waals surface area (Å²) in [5, 5.41) is 3.73. The minimum atomic E-state index is -0.507. The van der Waals surface area contributed by atoms with Gasteiger partial charge in [0.25, 0.3) is 0 Å². The Morgan fingerprint density at radius 3 is 2.88 bits per heavy atom. The van der Waals surface area contributed by atoms with Crippen molar-refractivity contribution in [3.05, 3.63) is 48.4 Å². The third-order valence-electron chi connectivity index (χ3n) is 3.39. The van der Waals surface area contributed by atoms with Crippen LogP contribution in [0.5, 0.6) is 0 Å². The van der Waals surface area contributed by atoms with Crippen LogP contribution in [0, 0.1) is 0 Å². The molecule has 1 amide bonds. The molecule has 0 fully saturated rings. The number of rotatable bonds is 3. The molecule has 3 aromatic rings. The van der Waals surface area contributed by atoms with Gasteiger partial charge in [0.1, 0.15) is 17.6 Å². The summed E-state index contributed by atoms with van der Waals surface area (Å²) in [5.41, 5.74) is 3.11. The lowest BCUT2D eigenvalue weighted by molar-refractivity contribution is 0.0523. The second kappa shape index (κ2) is 6.31. The van der Waals surface area contributed by atoms with Gasteiger partial charge in [0, 0.05) is 23.7 Å². The van der Waals surface area contributed by atoms with E-state index in [2.05, 4.69) is 20.3 Å². The zero-order valence-electron chi connectivity index (χ0n) is 14.0. The van der Waals surface area contributed by atoms with Gasteiger partial charge in [0.05, 0.1) is 5.69 Å². The SMILES string of the molecule is CC(C)(C)OC(=O)NCc1cccc(-c2ncnc3[nH]ccc23)c1. The smallest absolute Gasteiger partial charge is 0.407 e. The highest BCUT2D eigenvalue weighted by molar-refractivity contribution is 5.90. The molecule has 0 spiro atoms. The highest BCUT2D eigenvalue weighted by atomic mass is 16.6. The zero-order valence-corrected chi connectivity index (χ0v) is 14.0. The maximum Gasteiger partial charge on any atom is 0.407 e. The number of benzene rings is 1. The van der Waals surface area contributed by atoms with Crippen LogP contribution >= 0.6 is 0 Å². The van der Waals surface area contributed by atoms with Gasteiger partial charge in [0.15, 0.2) is 0 Å². The van der Waals surface area contributed by atoms with Crippen molar-refractivity contribution in [3.8, 4) is 11.3 Å². The monoisotopic (exact) mass is 324 g/mol. The molecule has 2 N–H and O–H groups in total. The van der Waals surface area contributed by atoms with E-state index < -0.39 is 11.7 Å². The van der Waals surface area contributed by atoms with Crippen molar-refractivity contribution >= 4 is 17.1 Å². The first-order chi connectivity index (χ1) is 11.4. The molecule has 0 bridgehead atoms. The van der Waals surface area contributed by atoms with Crippen LogP contribution in [0.4, 0.5) is 4.79 Å². The molecule has 3 rings (SSSR count). The molecule has 2 heterocycles. The maximum absolute atomic E-state index is 11.8. The van der Waals surface area contributed by atoms with Crippen LogP contribution in [0.15, 0.2) is 42.9 Å². The second-order valence-corrected chi connectivity index (χ2v) is 6.52. The predicted molar refractivity (Wildman–Crippen MR) is 92.4 cm³/mol. The molecule has 0 radical (unpaired) electrons. The summed E-state index contributed by atoms with van der Waals surface area (Å²) in [4.78, 5) is 23.4. The molecular weight excluding hydrogens is 304 g/mol. The van der Waals surface area contributed by atoms with Gasteiger partial charge in [-0.3, -0.25) is 0 Å². The summed E-state index contributed by atoms with van der Waals surface area (Å²) in [6.45, 7) is 5.91. The Bertz CT molecular complexity index is 865. The lowest BCUT2D eigenvalue weighted by Gasteiger charge is -2.19. The summed E-state index contributed by atoms with van der Waals surface area (Å²) in [6.07, 6.45) is 2.96. The van der Waals surface area contributed by atoms with E-state index in [1.54, 1.807) is 6.33 Å².